The number of aryl methyl sites for hydroxylation is 1. The van der Waals surface area contributed by atoms with Crippen LogP contribution in [0, 0.1) is 6.92 Å². The normalized spacial score (nSPS) is 10.5. The molecule has 3 rings (SSSR count). The summed E-state index contributed by atoms with van der Waals surface area (Å²) in [6.07, 6.45) is 5.06. The molecular weight excluding hydrogens is 224 g/mol. The van der Waals surface area contributed by atoms with Gasteiger partial charge in [-0.25, -0.2) is 9.97 Å². The zero-order valence-electron chi connectivity index (χ0n) is 9.96. The van der Waals surface area contributed by atoms with E-state index >= 15 is 0 Å². The second kappa shape index (κ2) is 4.41. The van der Waals surface area contributed by atoms with Crippen LogP contribution in [0.1, 0.15) is 5.56 Å². The number of rotatable bonds is 2. The van der Waals surface area contributed by atoms with Gasteiger partial charge in [0.15, 0.2) is 0 Å². The Morgan fingerprint density at radius 2 is 1.89 bits per heavy atom. The SMILES string of the molecule is Cc1ccc(-c2[nH]ncc2-c2ccncn2)cc1. The van der Waals surface area contributed by atoms with E-state index < -0.39 is 0 Å². The molecule has 1 N–H and O–H groups in total. The first-order valence-corrected chi connectivity index (χ1v) is 5.71. The van der Waals surface area contributed by atoms with E-state index in [2.05, 4.69) is 51.4 Å². The number of aromatic amines is 1. The Morgan fingerprint density at radius 3 is 2.61 bits per heavy atom. The third kappa shape index (κ3) is 1.88. The lowest BCUT2D eigenvalue weighted by Gasteiger charge is -2.03. The molecule has 0 aliphatic heterocycles. The summed E-state index contributed by atoms with van der Waals surface area (Å²) in [4.78, 5) is 8.18. The molecule has 2 aromatic heterocycles. The molecule has 18 heavy (non-hydrogen) atoms. The fourth-order valence-corrected chi connectivity index (χ4v) is 1.87. The Morgan fingerprint density at radius 1 is 1.06 bits per heavy atom. The van der Waals surface area contributed by atoms with E-state index in [1.54, 1.807) is 18.7 Å². The van der Waals surface area contributed by atoms with Gasteiger partial charge in [0.1, 0.15) is 6.33 Å². The van der Waals surface area contributed by atoms with Crippen molar-refractivity contribution in [3.05, 3.63) is 54.6 Å². The van der Waals surface area contributed by atoms with Crippen LogP contribution in [0.2, 0.25) is 0 Å². The molecule has 0 unspecified atom stereocenters. The van der Waals surface area contributed by atoms with Crippen LogP contribution in [0.3, 0.4) is 0 Å². The lowest BCUT2D eigenvalue weighted by Crippen LogP contribution is -1.86. The second-order valence-electron chi connectivity index (χ2n) is 4.12. The van der Waals surface area contributed by atoms with Gasteiger partial charge in [0.2, 0.25) is 0 Å². The van der Waals surface area contributed by atoms with E-state index in [1.807, 2.05) is 6.07 Å². The summed E-state index contributed by atoms with van der Waals surface area (Å²) in [6, 6.07) is 10.2. The van der Waals surface area contributed by atoms with Crippen molar-refractivity contribution in [3.63, 3.8) is 0 Å². The van der Waals surface area contributed by atoms with Crippen molar-refractivity contribution in [2.45, 2.75) is 6.92 Å². The number of nitrogens with one attached hydrogen (secondary N) is 1. The fraction of sp³-hybridized carbons (Fsp3) is 0.0714. The van der Waals surface area contributed by atoms with Crippen molar-refractivity contribution in [3.8, 4) is 22.5 Å². The van der Waals surface area contributed by atoms with Gasteiger partial charge >= 0.3 is 0 Å². The summed E-state index contributed by atoms with van der Waals surface area (Å²) in [5, 5.41) is 7.14. The van der Waals surface area contributed by atoms with Gasteiger partial charge in [0.25, 0.3) is 0 Å². The van der Waals surface area contributed by atoms with Crippen LogP contribution >= 0.6 is 0 Å². The summed E-state index contributed by atoms with van der Waals surface area (Å²) < 4.78 is 0. The topological polar surface area (TPSA) is 54.5 Å². The Balaban J connectivity index is 2.10. The number of benzene rings is 1. The van der Waals surface area contributed by atoms with Crippen LogP contribution < -0.4 is 0 Å². The summed E-state index contributed by atoms with van der Waals surface area (Å²) in [5.74, 6) is 0. The van der Waals surface area contributed by atoms with E-state index in [-0.39, 0.29) is 0 Å². The molecule has 0 atom stereocenters. The molecule has 0 aliphatic carbocycles. The third-order valence-corrected chi connectivity index (χ3v) is 2.84. The van der Waals surface area contributed by atoms with Gasteiger partial charge in [0.05, 0.1) is 17.6 Å². The van der Waals surface area contributed by atoms with Gasteiger partial charge in [-0.3, -0.25) is 5.10 Å². The molecule has 0 amide bonds. The first-order valence-electron chi connectivity index (χ1n) is 5.71. The number of hydrogen-bond donors (Lipinski definition) is 1. The van der Waals surface area contributed by atoms with Crippen molar-refractivity contribution in [1.29, 1.82) is 0 Å². The van der Waals surface area contributed by atoms with Crippen LogP contribution in [0.25, 0.3) is 22.5 Å². The number of nitrogens with zero attached hydrogens (tertiary/aromatic N) is 3. The minimum Gasteiger partial charge on any atom is -0.277 e. The lowest BCUT2D eigenvalue weighted by atomic mass is 10.0. The Kier molecular flexibility index (Phi) is 2.61. The van der Waals surface area contributed by atoms with E-state index in [9.17, 15) is 0 Å². The maximum absolute atomic E-state index is 4.25. The van der Waals surface area contributed by atoms with Gasteiger partial charge < -0.3 is 0 Å². The standard InChI is InChI=1S/C14H12N4/c1-10-2-4-11(5-3-10)14-12(8-17-18-14)13-6-7-15-9-16-13/h2-9H,1H3,(H,17,18). The zero-order valence-corrected chi connectivity index (χ0v) is 9.96. The molecule has 4 heteroatoms. The van der Waals surface area contributed by atoms with E-state index in [1.165, 1.54) is 5.56 Å². The highest BCUT2D eigenvalue weighted by Gasteiger charge is 2.10. The molecule has 0 fully saturated rings. The summed E-state index contributed by atoms with van der Waals surface area (Å²) in [5.41, 5.74) is 5.18. The first kappa shape index (κ1) is 10.7. The molecule has 0 radical (unpaired) electrons. The van der Waals surface area contributed by atoms with Crippen LogP contribution in [0.4, 0.5) is 0 Å². The number of hydrogen-bond acceptors (Lipinski definition) is 3. The van der Waals surface area contributed by atoms with Crippen molar-refractivity contribution in [2.75, 3.05) is 0 Å². The summed E-state index contributed by atoms with van der Waals surface area (Å²) >= 11 is 0. The molecular formula is C14H12N4. The minimum atomic E-state index is 0.870. The van der Waals surface area contributed by atoms with Crippen LogP contribution in [-0.4, -0.2) is 20.2 Å². The molecule has 0 bridgehead atoms. The summed E-state index contributed by atoms with van der Waals surface area (Å²) in [7, 11) is 0. The van der Waals surface area contributed by atoms with Crippen molar-refractivity contribution >= 4 is 0 Å². The Bertz CT molecular complexity index is 641. The molecule has 4 nitrogen and oxygen atoms in total. The quantitative estimate of drug-likeness (QED) is 0.744. The maximum atomic E-state index is 4.25. The average Bonchev–Trinajstić information content (AvgIpc) is 2.90. The molecule has 1 aromatic carbocycles. The predicted octanol–water partition coefficient (Wildman–Crippen LogP) is 2.84. The maximum Gasteiger partial charge on any atom is 0.116 e. The van der Waals surface area contributed by atoms with Gasteiger partial charge in [0, 0.05) is 17.3 Å². The highest BCUT2D eigenvalue weighted by atomic mass is 15.1. The largest absolute Gasteiger partial charge is 0.277 e. The highest BCUT2D eigenvalue weighted by Crippen LogP contribution is 2.28. The van der Waals surface area contributed by atoms with Gasteiger partial charge in [-0.05, 0) is 13.0 Å². The molecule has 0 spiro atoms. The Hall–Kier alpha value is -2.49. The fourth-order valence-electron chi connectivity index (χ4n) is 1.87. The molecule has 3 aromatic rings. The van der Waals surface area contributed by atoms with E-state index in [0.29, 0.717) is 0 Å². The third-order valence-electron chi connectivity index (χ3n) is 2.84. The van der Waals surface area contributed by atoms with Crippen molar-refractivity contribution < 1.29 is 0 Å². The smallest absolute Gasteiger partial charge is 0.116 e. The predicted molar refractivity (Wildman–Crippen MR) is 69.8 cm³/mol. The van der Waals surface area contributed by atoms with Crippen molar-refractivity contribution in [1.82, 2.24) is 20.2 Å². The molecule has 0 aliphatic rings. The average molecular weight is 236 g/mol. The van der Waals surface area contributed by atoms with E-state index in [0.717, 1.165) is 22.5 Å². The molecule has 0 saturated carbocycles. The molecule has 0 saturated heterocycles. The first-order chi connectivity index (χ1) is 8.84. The highest BCUT2D eigenvalue weighted by molar-refractivity contribution is 5.78. The van der Waals surface area contributed by atoms with Gasteiger partial charge in [-0.1, -0.05) is 29.8 Å². The minimum absolute atomic E-state index is 0.870. The van der Waals surface area contributed by atoms with Crippen LogP contribution in [0.5, 0.6) is 0 Å². The molecule has 2 heterocycles. The number of aromatic nitrogens is 4. The zero-order chi connectivity index (χ0) is 12.4. The van der Waals surface area contributed by atoms with Gasteiger partial charge in [-0.2, -0.15) is 5.10 Å². The van der Waals surface area contributed by atoms with E-state index in [4.69, 9.17) is 0 Å². The monoisotopic (exact) mass is 236 g/mol. The van der Waals surface area contributed by atoms with Gasteiger partial charge in [-0.15, -0.1) is 0 Å². The van der Waals surface area contributed by atoms with Crippen LogP contribution in [0.15, 0.2) is 49.1 Å². The van der Waals surface area contributed by atoms with Crippen LogP contribution in [-0.2, 0) is 0 Å². The Labute approximate surface area is 105 Å². The lowest BCUT2D eigenvalue weighted by molar-refractivity contribution is 1.09. The summed E-state index contributed by atoms with van der Waals surface area (Å²) in [6.45, 7) is 2.07. The second-order valence-corrected chi connectivity index (χ2v) is 4.12. The van der Waals surface area contributed by atoms with Crippen molar-refractivity contribution in [2.24, 2.45) is 0 Å². The number of H-pyrrole nitrogens is 1. The molecule has 88 valence electrons.